The van der Waals surface area contributed by atoms with Crippen LogP contribution in [0.15, 0.2) is 18.7 Å². The van der Waals surface area contributed by atoms with E-state index in [1.165, 1.54) is 12.8 Å². The third kappa shape index (κ3) is 3.69. The first-order chi connectivity index (χ1) is 10.7. The maximum absolute atomic E-state index is 12.5. The Bertz CT molecular complexity index is 459. The molecule has 2 aliphatic rings. The van der Waals surface area contributed by atoms with E-state index < -0.39 is 0 Å². The first kappa shape index (κ1) is 15.5. The van der Waals surface area contributed by atoms with E-state index in [9.17, 15) is 4.79 Å². The third-order valence-corrected chi connectivity index (χ3v) is 5.45. The van der Waals surface area contributed by atoms with Crippen LogP contribution in [-0.2, 0) is 4.79 Å². The van der Waals surface area contributed by atoms with E-state index in [1.807, 2.05) is 18.7 Å². The Morgan fingerprint density at radius 1 is 1.27 bits per heavy atom. The van der Waals surface area contributed by atoms with Crippen molar-refractivity contribution in [2.24, 2.45) is 11.8 Å². The molecule has 1 unspecified atom stereocenters. The zero-order valence-electron chi connectivity index (χ0n) is 13.6. The van der Waals surface area contributed by atoms with Crippen LogP contribution in [0.1, 0.15) is 45.1 Å². The largest absolute Gasteiger partial charge is 0.343 e. The van der Waals surface area contributed by atoms with Gasteiger partial charge in [0.05, 0.1) is 6.33 Å². The quantitative estimate of drug-likeness (QED) is 0.926. The highest BCUT2D eigenvalue weighted by Gasteiger charge is 2.27. The molecular formula is C17H28N4O. The molecule has 0 radical (unpaired) electrons. The highest BCUT2D eigenvalue weighted by molar-refractivity contribution is 5.76. The fourth-order valence-electron chi connectivity index (χ4n) is 3.88. The number of carbonyl (C=O) groups excluding carboxylic acids is 1. The summed E-state index contributed by atoms with van der Waals surface area (Å²) >= 11 is 0. The summed E-state index contributed by atoms with van der Waals surface area (Å²) in [6.45, 7) is 6.26. The van der Waals surface area contributed by atoms with Crippen LogP contribution in [-0.4, -0.2) is 46.5 Å². The molecule has 2 aliphatic heterocycles. The number of hydrogen-bond acceptors (Lipinski definition) is 3. The fraction of sp³-hybridized carbons (Fsp3) is 0.765. The van der Waals surface area contributed by atoms with E-state index >= 15 is 0 Å². The molecule has 1 amide bonds. The van der Waals surface area contributed by atoms with Gasteiger partial charge in [-0.3, -0.25) is 4.79 Å². The molecule has 22 heavy (non-hydrogen) atoms. The van der Waals surface area contributed by atoms with E-state index in [4.69, 9.17) is 0 Å². The lowest BCUT2D eigenvalue weighted by atomic mass is 9.84. The van der Waals surface area contributed by atoms with Crippen molar-refractivity contribution < 1.29 is 4.79 Å². The number of piperidine rings is 2. The van der Waals surface area contributed by atoms with Gasteiger partial charge in [0.1, 0.15) is 0 Å². The van der Waals surface area contributed by atoms with Gasteiger partial charge < -0.3 is 14.8 Å². The topological polar surface area (TPSA) is 50.2 Å². The van der Waals surface area contributed by atoms with Gasteiger partial charge in [-0.25, -0.2) is 4.98 Å². The van der Waals surface area contributed by atoms with Crippen molar-refractivity contribution in [3.05, 3.63) is 18.7 Å². The summed E-state index contributed by atoms with van der Waals surface area (Å²) in [6.07, 6.45) is 11.0. The van der Waals surface area contributed by atoms with E-state index in [1.54, 1.807) is 0 Å². The van der Waals surface area contributed by atoms with Crippen LogP contribution < -0.4 is 5.32 Å². The zero-order chi connectivity index (χ0) is 15.4. The molecule has 0 bridgehead atoms. The molecule has 3 heterocycles. The average Bonchev–Trinajstić information content (AvgIpc) is 3.10. The number of nitrogens with zero attached hydrogens (tertiary/aromatic N) is 3. The second-order valence-corrected chi connectivity index (χ2v) is 6.89. The van der Waals surface area contributed by atoms with Crippen molar-refractivity contribution in [2.45, 2.75) is 45.1 Å². The Morgan fingerprint density at radius 2 is 2.00 bits per heavy atom. The number of imidazole rings is 1. The first-order valence-corrected chi connectivity index (χ1v) is 8.70. The molecule has 1 N–H and O–H groups in total. The summed E-state index contributed by atoms with van der Waals surface area (Å²) in [6, 6.07) is 0.508. The number of hydrogen-bond donors (Lipinski definition) is 1. The van der Waals surface area contributed by atoms with Crippen LogP contribution in [0.25, 0.3) is 0 Å². The normalized spacial score (nSPS) is 22.7. The molecule has 2 saturated heterocycles. The summed E-state index contributed by atoms with van der Waals surface area (Å²) < 4.78 is 2.18. The van der Waals surface area contributed by atoms with Crippen molar-refractivity contribution in [3.63, 3.8) is 0 Å². The van der Waals surface area contributed by atoms with Gasteiger partial charge in [-0.2, -0.15) is 0 Å². The molecule has 5 heteroatoms. The monoisotopic (exact) mass is 304 g/mol. The highest BCUT2D eigenvalue weighted by Crippen LogP contribution is 2.27. The molecule has 1 atom stereocenters. The van der Waals surface area contributed by atoms with E-state index in [2.05, 4.69) is 26.7 Å². The van der Waals surface area contributed by atoms with Crippen LogP contribution in [0.3, 0.4) is 0 Å². The number of likely N-dealkylation sites (tertiary alicyclic amines) is 1. The molecule has 0 saturated carbocycles. The van der Waals surface area contributed by atoms with Gasteiger partial charge in [-0.15, -0.1) is 0 Å². The Hall–Kier alpha value is -1.36. The number of rotatable bonds is 4. The van der Waals surface area contributed by atoms with Crippen LogP contribution in [0, 0.1) is 11.8 Å². The number of amides is 1. The molecule has 1 aromatic heterocycles. The smallest absolute Gasteiger partial charge is 0.222 e. The van der Waals surface area contributed by atoms with Crippen LogP contribution in [0.4, 0.5) is 0 Å². The third-order valence-electron chi connectivity index (χ3n) is 5.45. The van der Waals surface area contributed by atoms with Crippen molar-refractivity contribution in [3.8, 4) is 0 Å². The molecular weight excluding hydrogens is 276 g/mol. The standard InChI is InChI=1S/C17H28N4O/c1-14(15-2-6-18-7-3-15)12-17(22)20-9-4-16(5-10-20)21-11-8-19-13-21/h8,11,13-16,18H,2-7,9-10,12H2,1H3. The number of aromatic nitrogens is 2. The molecule has 0 aromatic carbocycles. The molecule has 5 nitrogen and oxygen atoms in total. The second kappa shape index (κ2) is 7.27. The summed E-state index contributed by atoms with van der Waals surface area (Å²) in [5, 5.41) is 3.40. The van der Waals surface area contributed by atoms with Crippen LogP contribution in [0.5, 0.6) is 0 Å². The van der Waals surface area contributed by atoms with Crippen molar-refractivity contribution in [1.82, 2.24) is 19.8 Å². The van der Waals surface area contributed by atoms with Crippen molar-refractivity contribution in [1.29, 1.82) is 0 Å². The summed E-state index contributed by atoms with van der Waals surface area (Å²) in [5.74, 6) is 1.59. The SMILES string of the molecule is CC(CC(=O)N1CCC(n2ccnc2)CC1)C1CCNCC1. The van der Waals surface area contributed by atoms with Gasteiger partial charge in [0, 0.05) is 37.9 Å². The lowest BCUT2D eigenvalue weighted by Crippen LogP contribution is -2.40. The van der Waals surface area contributed by atoms with Crippen molar-refractivity contribution >= 4 is 5.91 Å². The fourth-order valence-corrected chi connectivity index (χ4v) is 3.88. The minimum absolute atomic E-state index is 0.357. The molecule has 0 spiro atoms. The van der Waals surface area contributed by atoms with Gasteiger partial charge in [-0.05, 0) is 50.6 Å². The van der Waals surface area contributed by atoms with E-state index in [0.717, 1.165) is 45.4 Å². The Balaban J connectivity index is 1.45. The predicted molar refractivity (Wildman–Crippen MR) is 86.5 cm³/mol. The van der Waals surface area contributed by atoms with E-state index in [0.29, 0.717) is 23.8 Å². The summed E-state index contributed by atoms with van der Waals surface area (Å²) in [5.41, 5.74) is 0. The molecule has 1 aromatic rings. The Morgan fingerprint density at radius 3 is 2.64 bits per heavy atom. The van der Waals surface area contributed by atoms with Crippen LogP contribution >= 0.6 is 0 Å². The second-order valence-electron chi connectivity index (χ2n) is 6.89. The zero-order valence-corrected chi connectivity index (χ0v) is 13.6. The summed E-state index contributed by atoms with van der Waals surface area (Å²) in [4.78, 5) is 18.7. The average molecular weight is 304 g/mol. The van der Waals surface area contributed by atoms with Gasteiger partial charge >= 0.3 is 0 Å². The van der Waals surface area contributed by atoms with Crippen molar-refractivity contribution in [2.75, 3.05) is 26.2 Å². The molecule has 2 fully saturated rings. The minimum atomic E-state index is 0.357. The predicted octanol–water partition coefficient (Wildman–Crippen LogP) is 2.07. The highest BCUT2D eigenvalue weighted by atomic mass is 16.2. The van der Waals surface area contributed by atoms with Crippen LogP contribution in [0.2, 0.25) is 0 Å². The lowest BCUT2D eigenvalue weighted by molar-refractivity contribution is -0.133. The lowest BCUT2D eigenvalue weighted by Gasteiger charge is -2.34. The van der Waals surface area contributed by atoms with E-state index in [-0.39, 0.29) is 0 Å². The maximum Gasteiger partial charge on any atom is 0.222 e. The molecule has 122 valence electrons. The molecule has 3 rings (SSSR count). The Kier molecular flexibility index (Phi) is 5.13. The Labute approximate surface area is 133 Å². The minimum Gasteiger partial charge on any atom is -0.343 e. The maximum atomic E-state index is 12.5. The number of nitrogens with one attached hydrogen (secondary N) is 1. The van der Waals surface area contributed by atoms with Gasteiger partial charge in [0.25, 0.3) is 0 Å². The summed E-state index contributed by atoms with van der Waals surface area (Å²) in [7, 11) is 0. The first-order valence-electron chi connectivity index (χ1n) is 8.70. The van der Waals surface area contributed by atoms with Gasteiger partial charge in [0.2, 0.25) is 5.91 Å². The van der Waals surface area contributed by atoms with Gasteiger partial charge in [-0.1, -0.05) is 6.92 Å². The van der Waals surface area contributed by atoms with Gasteiger partial charge in [0.15, 0.2) is 0 Å². The number of carbonyl (C=O) groups is 1. The molecule has 0 aliphatic carbocycles.